The molecule has 8 heteroatoms. The van der Waals surface area contributed by atoms with Gasteiger partial charge in [-0.15, -0.1) is 6.58 Å². The average Bonchev–Trinajstić information content (AvgIpc) is 3.72. The van der Waals surface area contributed by atoms with E-state index in [2.05, 4.69) is 69.2 Å². The highest BCUT2D eigenvalue weighted by Gasteiger charge is 2.34. The summed E-state index contributed by atoms with van der Waals surface area (Å²) in [6.07, 6.45) is 8.51. The summed E-state index contributed by atoms with van der Waals surface area (Å²) in [6, 6.07) is 32.6. The standard InChI is InChI=1S/C42H44N4O4/c1-2-21-46(35-13-3-4-14-35)27-36-24-40(31-19-17-29(28-47)18-20-31)50-42(49-36)34-12-8-11-33(23-34)32-10-7-9-30(22-32)25-44-41(48)39-26-43-37-15-5-6-16-38(37)45-39/h2,5-12,15-20,22-23,26,35-36,40,42,47H,1,3-4,13-14,21,24-25,27-28H2,(H,44,48). The summed E-state index contributed by atoms with van der Waals surface area (Å²) in [5.41, 5.74) is 7.69. The van der Waals surface area contributed by atoms with Crippen molar-refractivity contribution >= 4 is 16.9 Å². The molecule has 1 saturated carbocycles. The lowest BCUT2D eigenvalue weighted by Gasteiger charge is -2.39. The molecule has 1 amide bonds. The van der Waals surface area contributed by atoms with Crippen molar-refractivity contribution in [2.75, 3.05) is 13.1 Å². The molecule has 0 radical (unpaired) electrons. The number of carbonyl (C=O) groups is 1. The molecule has 50 heavy (non-hydrogen) atoms. The van der Waals surface area contributed by atoms with Gasteiger partial charge in [0.2, 0.25) is 0 Å². The highest BCUT2D eigenvalue weighted by atomic mass is 16.7. The van der Waals surface area contributed by atoms with E-state index in [1.54, 1.807) is 0 Å². The fourth-order valence-corrected chi connectivity index (χ4v) is 7.17. The molecule has 4 aromatic carbocycles. The molecular weight excluding hydrogens is 624 g/mol. The highest BCUT2D eigenvalue weighted by Crippen LogP contribution is 2.39. The Bertz CT molecular complexity index is 1920. The second kappa shape index (κ2) is 15.9. The predicted molar refractivity (Wildman–Crippen MR) is 195 cm³/mol. The van der Waals surface area contributed by atoms with E-state index >= 15 is 0 Å². The van der Waals surface area contributed by atoms with Gasteiger partial charge in [-0.05, 0) is 64.9 Å². The summed E-state index contributed by atoms with van der Waals surface area (Å²) in [5, 5.41) is 12.6. The van der Waals surface area contributed by atoms with Crippen LogP contribution in [0.15, 0.2) is 116 Å². The van der Waals surface area contributed by atoms with E-state index in [-0.39, 0.29) is 30.4 Å². The van der Waals surface area contributed by atoms with Crippen molar-refractivity contribution in [2.24, 2.45) is 0 Å². The van der Waals surface area contributed by atoms with Crippen LogP contribution in [0.3, 0.4) is 0 Å². The maximum absolute atomic E-state index is 12.9. The minimum Gasteiger partial charge on any atom is -0.392 e. The van der Waals surface area contributed by atoms with E-state index in [1.807, 2.05) is 60.7 Å². The second-order valence-electron chi connectivity index (χ2n) is 13.3. The van der Waals surface area contributed by atoms with E-state index in [0.29, 0.717) is 18.1 Å². The molecule has 0 spiro atoms. The Morgan fingerprint density at radius 3 is 2.42 bits per heavy atom. The monoisotopic (exact) mass is 668 g/mol. The molecule has 2 aliphatic rings. The molecular formula is C42H44N4O4. The van der Waals surface area contributed by atoms with Gasteiger partial charge in [-0.2, -0.15) is 0 Å². The zero-order valence-electron chi connectivity index (χ0n) is 28.3. The fraction of sp³-hybridized carbons (Fsp3) is 0.310. The van der Waals surface area contributed by atoms with Crippen molar-refractivity contribution < 1.29 is 19.4 Å². The minimum atomic E-state index is -0.545. The van der Waals surface area contributed by atoms with Crippen LogP contribution in [0.1, 0.15) is 77.2 Å². The summed E-state index contributed by atoms with van der Waals surface area (Å²) in [7, 11) is 0. The highest BCUT2D eigenvalue weighted by molar-refractivity contribution is 5.93. The van der Waals surface area contributed by atoms with Gasteiger partial charge in [-0.25, -0.2) is 4.98 Å². The molecule has 3 atom stereocenters. The number of aliphatic hydroxyl groups excluding tert-OH is 1. The number of benzene rings is 4. The fourth-order valence-electron chi connectivity index (χ4n) is 7.17. The molecule has 5 aromatic rings. The maximum Gasteiger partial charge on any atom is 0.271 e. The lowest BCUT2D eigenvalue weighted by atomic mass is 9.98. The number of para-hydroxylation sites is 2. The van der Waals surface area contributed by atoms with Crippen LogP contribution < -0.4 is 5.32 Å². The van der Waals surface area contributed by atoms with Crippen molar-refractivity contribution in [3.63, 3.8) is 0 Å². The molecule has 1 aliphatic heterocycles. The van der Waals surface area contributed by atoms with Gasteiger partial charge in [0.1, 0.15) is 5.69 Å². The van der Waals surface area contributed by atoms with Gasteiger partial charge in [0.15, 0.2) is 6.29 Å². The van der Waals surface area contributed by atoms with E-state index in [1.165, 1.54) is 31.9 Å². The number of hydrogen-bond acceptors (Lipinski definition) is 7. The Kier molecular flexibility index (Phi) is 10.7. The van der Waals surface area contributed by atoms with Gasteiger partial charge in [-0.1, -0.05) is 91.7 Å². The van der Waals surface area contributed by atoms with Crippen molar-refractivity contribution in [1.82, 2.24) is 20.2 Å². The summed E-state index contributed by atoms with van der Waals surface area (Å²) >= 11 is 0. The van der Waals surface area contributed by atoms with Gasteiger partial charge in [0.25, 0.3) is 5.91 Å². The lowest BCUT2D eigenvalue weighted by molar-refractivity contribution is -0.253. The van der Waals surface area contributed by atoms with E-state index in [4.69, 9.17) is 9.47 Å². The first-order valence-electron chi connectivity index (χ1n) is 17.6. The third-order valence-corrected chi connectivity index (χ3v) is 9.81. The molecule has 1 aliphatic carbocycles. The first-order valence-corrected chi connectivity index (χ1v) is 17.6. The minimum absolute atomic E-state index is 0.0115. The normalized spacial score (nSPS) is 19.5. The Balaban J connectivity index is 1.08. The molecule has 256 valence electrons. The topological polar surface area (TPSA) is 96.8 Å². The van der Waals surface area contributed by atoms with Gasteiger partial charge < -0.3 is 19.9 Å². The zero-order valence-corrected chi connectivity index (χ0v) is 28.3. The van der Waals surface area contributed by atoms with Crippen molar-refractivity contribution in [3.8, 4) is 11.1 Å². The summed E-state index contributed by atoms with van der Waals surface area (Å²) in [5.74, 6) is -0.267. The number of hydrogen-bond donors (Lipinski definition) is 2. The summed E-state index contributed by atoms with van der Waals surface area (Å²) < 4.78 is 13.5. The van der Waals surface area contributed by atoms with Crippen LogP contribution in [0, 0.1) is 0 Å². The van der Waals surface area contributed by atoms with Gasteiger partial charge in [-0.3, -0.25) is 14.7 Å². The van der Waals surface area contributed by atoms with Crippen LogP contribution >= 0.6 is 0 Å². The largest absolute Gasteiger partial charge is 0.392 e. The number of carbonyl (C=O) groups excluding carboxylic acids is 1. The van der Waals surface area contributed by atoms with E-state index in [9.17, 15) is 9.90 Å². The lowest BCUT2D eigenvalue weighted by Crippen LogP contribution is -2.43. The molecule has 8 nitrogen and oxygen atoms in total. The van der Waals surface area contributed by atoms with E-state index < -0.39 is 6.29 Å². The predicted octanol–water partition coefficient (Wildman–Crippen LogP) is 7.70. The maximum atomic E-state index is 12.9. The van der Waals surface area contributed by atoms with E-state index in [0.717, 1.165) is 58.4 Å². The molecule has 2 N–H and O–H groups in total. The summed E-state index contributed by atoms with van der Waals surface area (Å²) in [6.45, 7) is 6.07. The van der Waals surface area contributed by atoms with Crippen LogP contribution in [-0.4, -0.2) is 51.1 Å². The molecule has 2 fully saturated rings. The molecule has 7 rings (SSSR count). The quantitative estimate of drug-likeness (QED) is 0.132. The smallest absolute Gasteiger partial charge is 0.271 e. The molecule has 1 saturated heterocycles. The molecule has 0 bridgehead atoms. The SMILES string of the molecule is C=CCN(CC1CC(c2ccc(CO)cc2)OC(c2cccc(-c3cccc(CNC(=O)c4cnc5ccccc5n4)c3)c2)O1)C1CCCC1. The Hall–Kier alpha value is -4.73. The Labute approximate surface area is 293 Å². The molecule has 1 aromatic heterocycles. The number of amides is 1. The van der Waals surface area contributed by atoms with Crippen LogP contribution in [-0.2, 0) is 22.6 Å². The van der Waals surface area contributed by atoms with Crippen molar-refractivity contribution in [1.29, 1.82) is 0 Å². The number of fused-ring (bicyclic) bond motifs is 1. The Morgan fingerprint density at radius 1 is 0.880 bits per heavy atom. The van der Waals surface area contributed by atoms with Crippen LogP contribution in [0.2, 0.25) is 0 Å². The second-order valence-corrected chi connectivity index (χ2v) is 13.3. The third kappa shape index (κ3) is 8.01. The van der Waals surface area contributed by atoms with Gasteiger partial charge in [0.05, 0.1) is 36.0 Å². The number of nitrogens with one attached hydrogen (secondary N) is 1. The van der Waals surface area contributed by atoms with Gasteiger partial charge >= 0.3 is 0 Å². The van der Waals surface area contributed by atoms with Gasteiger partial charge in [0, 0.05) is 37.7 Å². The van der Waals surface area contributed by atoms with Crippen molar-refractivity contribution in [2.45, 2.75) is 69.8 Å². The Morgan fingerprint density at radius 2 is 1.64 bits per heavy atom. The summed E-state index contributed by atoms with van der Waals surface area (Å²) in [4.78, 5) is 24.3. The molecule has 3 unspecified atom stereocenters. The molecule has 2 heterocycles. The average molecular weight is 669 g/mol. The first kappa shape index (κ1) is 33.8. The van der Waals surface area contributed by atoms with Crippen molar-refractivity contribution in [3.05, 3.63) is 144 Å². The van der Waals surface area contributed by atoms with Crippen LogP contribution in [0.25, 0.3) is 22.2 Å². The number of ether oxygens (including phenoxy) is 2. The van der Waals surface area contributed by atoms with Crippen LogP contribution in [0.5, 0.6) is 0 Å². The number of rotatable bonds is 12. The first-order chi connectivity index (χ1) is 24.6. The number of aromatic nitrogens is 2. The zero-order chi connectivity index (χ0) is 34.3. The van der Waals surface area contributed by atoms with Crippen LogP contribution in [0.4, 0.5) is 0 Å². The number of aliphatic hydroxyl groups is 1. The third-order valence-electron chi connectivity index (χ3n) is 9.81. The number of nitrogens with zero attached hydrogens (tertiary/aromatic N) is 3.